The van der Waals surface area contributed by atoms with E-state index in [1.165, 1.54) is 4.90 Å². The second-order valence-electron chi connectivity index (χ2n) is 3.86. The maximum absolute atomic E-state index is 12.0. The number of rotatable bonds is 4. The number of carbonyl (C=O) groups excluding carboxylic acids is 2. The predicted molar refractivity (Wildman–Crippen MR) is 65.5 cm³/mol. The number of nitrogens with zero attached hydrogens (tertiary/aromatic N) is 1. The van der Waals surface area contributed by atoms with E-state index in [9.17, 15) is 9.59 Å². The molecule has 1 aromatic carbocycles. The van der Waals surface area contributed by atoms with Crippen molar-refractivity contribution in [1.82, 2.24) is 5.32 Å². The third-order valence-corrected chi connectivity index (χ3v) is 2.67. The summed E-state index contributed by atoms with van der Waals surface area (Å²) in [4.78, 5) is 25.1. The average Bonchev–Trinajstić information content (AvgIpc) is 2.63. The van der Waals surface area contributed by atoms with Crippen LogP contribution < -0.4 is 10.2 Å². The third-order valence-electron chi connectivity index (χ3n) is 2.67. The zero-order chi connectivity index (χ0) is 12.3. The van der Waals surface area contributed by atoms with Crippen LogP contribution in [0.5, 0.6) is 0 Å². The molecule has 1 aromatic rings. The van der Waals surface area contributed by atoms with Gasteiger partial charge in [0.05, 0.1) is 18.2 Å². The molecule has 4 nitrogen and oxygen atoms in total. The van der Waals surface area contributed by atoms with E-state index in [1.54, 1.807) is 30.3 Å². The molecule has 1 saturated heterocycles. The molecule has 0 aliphatic carbocycles. The first kappa shape index (κ1) is 11.5. The molecule has 0 saturated carbocycles. The van der Waals surface area contributed by atoms with Gasteiger partial charge in [-0.05, 0) is 12.1 Å². The van der Waals surface area contributed by atoms with Crippen molar-refractivity contribution in [2.75, 3.05) is 11.4 Å². The molecule has 1 atom stereocenters. The summed E-state index contributed by atoms with van der Waals surface area (Å²) in [6.07, 6.45) is 1.88. The van der Waals surface area contributed by atoms with Crippen LogP contribution in [-0.2, 0) is 9.59 Å². The molecule has 88 valence electrons. The number of hydrogen-bond donors (Lipinski definition) is 1. The molecule has 1 aliphatic rings. The highest BCUT2D eigenvalue weighted by atomic mass is 16.2. The first-order valence-electron chi connectivity index (χ1n) is 5.50. The lowest BCUT2D eigenvalue weighted by atomic mass is 10.2. The number of benzene rings is 1. The highest BCUT2D eigenvalue weighted by Gasteiger charge is 2.38. The van der Waals surface area contributed by atoms with Gasteiger partial charge in [-0.15, -0.1) is 6.58 Å². The number of amides is 2. The fraction of sp³-hybridized carbons (Fsp3) is 0.231. The Bertz CT molecular complexity index is 442. The molecule has 2 amide bonds. The second-order valence-corrected chi connectivity index (χ2v) is 3.86. The molecule has 4 heteroatoms. The SMILES string of the molecule is C=CCN[C@H]1CC(=O)N(c2ccccc2)C1=O. The second kappa shape index (κ2) is 4.93. The Kier molecular flexibility index (Phi) is 3.35. The van der Waals surface area contributed by atoms with Crippen LogP contribution in [-0.4, -0.2) is 24.4 Å². The predicted octanol–water partition coefficient (Wildman–Crippen LogP) is 1.09. The van der Waals surface area contributed by atoms with Crippen molar-refractivity contribution in [2.24, 2.45) is 0 Å². The van der Waals surface area contributed by atoms with Crippen LogP contribution in [0.15, 0.2) is 43.0 Å². The van der Waals surface area contributed by atoms with Crippen molar-refractivity contribution < 1.29 is 9.59 Å². The lowest BCUT2D eigenvalue weighted by Gasteiger charge is -2.14. The minimum Gasteiger partial charge on any atom is -0.302 e. The molecule has 1 fully saturated rings. The fourth-order valence-electron chi connectivity index (χ4n) is 1.87. The summed E-state index contributed by atoms with van der Waals surface area (Å²) in [5.41, 5.74) is 0.630. The van der Waals surface area contributed by atoms with Crippen LogP contribution in [0, 0.1) is 0 Å². The summed E-state index contributed by atoms with van der Waals surface area (Å²) in [6, 6.07) is 8.54. The van der Waals surface area contributed by atoms with Gasteiger partial charge in [-0.25, -0.2) is 4.90 Å². The molecule has 17 heavy (non-hydrogen) atoms. The van der Waals surface area contributed by atoms with Crippen molar-refractivity contribution in [3.63, 3.8) is 0 Å². The summed E-state index contributed by atoms with van der Waals surface area (Å²) >= 11 is 0. The number of hydrogen-bond acceptors (Lipinski definition) is 3. The smallest absolute Gasteiger partial charge is 0.251 e. The van der Waals surface area contributed by atoms with Gasteiger partial charge in [0, 0.05) is 6.54 Å². The highest BCUT2D eigenvalue weighted by Crippen LogP contribution is 2.22. The molecule has 0 spiro atoms. The van der Waals surface area contributed by atoms with Gasteiger partial charge in [0.1, 0.15) is 0 Å². The molecule has 1 N–H and O–H groups in total. The number of imide groups is 1. The molecule has 1 heterocycles. The summed E-state index contributed by atoms with van der Waals surface area (Å²) in [5.74, 6) is -0.356. The quantitative estimate of drug-likeness (QED) is 0.622. The Morgan fingerprint density at radius 1 is 1.35 bits per heavy atom. The van der Waals surface area contributed by atoms with Gasteiger partial charge in [0.15, 0.2) is 0 Å². The maximum atomic E-state index is 12.0. The Morgan fingerprint density at radius 2 is 2.06 bits per heavy atom. The van der Waals surface area contributed by atoms with Gasteiger partial charge in [0.2, 0.25) is 5.91 Å². The lowest BCUT2D eigenvalue weighted by Crippen LogP contribution is -2.38. The van der Waals surface area contributed by atoms with Crippen molar-refractivity contribution >= 4 is 17.5 Å². The van der Waals surface area contributed by atoms with E-state index in [0.717, 1.165) is 0 Å². The normalized spacial score (nSPS) is 19.8. The molecule has 1 aliphatic heterocycles. The van der Waals surface area contributed by atoms with E-state index in [0.29, 0.717) is 12.2 Å². The number of para-hydroxylation sites is 1. The number of nitrogens with one attached hydrogen (secondary N) is 1. The minimum atomic E-state index is -0.430. The lowest BCUT2D eigenvalue weighted by molar-refractivity contribution is -0.121. The van der Waals surface area contributed by atoms with E-state index >= 15 is 0 Å². The van der Waals surface area contributed by atoms with Gasteiger partial charge in [-0.2, -0.15) is 0 Å². The Labute approximate surface area is 99.9 Å². The maximum Gasteiger partial charge on any atom is 0.251 e. The minimum absolute atomic E-state index is 0.164. The number of carbonyl (C=O) groups is 2. The van der Waals surface area contributed by atoms with Crippen molar-refractivity contribution in [3.05, 3.63) is 43.0 Å². The molecular weight excluding hydrogens is 216 g/mol. The fourth-order valence-corrected chi connectivity index (χ4v) is 1.87. The highest BCUT2D eigenvalue weighted by molar-refractivity contribution is 6.22. The summed E-state index contributed by atoms with van der Waals surface area (Å²) < 4.78 is 0. The molecule has 0 bridgehead atoms. The Hall–Kier alpha value is -1.94. The van der Waals surface area contributed by atoms with Gasteiger partial charge in [-0.3, -0.25) is 9.59 Å². The van der Waals surface area contributed by atoms with Crippen LogP contribution in [0.3, 0.4) is 0 Å². The van der Waals surface area contributed by atoms with Crippen LogP contribution in [0.4, 0.5) is 5.69 Å². The van der Waals surface area contributed by atoms with Crippen LogP contribution >= 0.6 is 0 Å². The monoisotopic (exact) mass is 230 g/mol. The van der Waals surface area contributed by atoms with Crippen molar-refractivity contribution in [3.8, 4) is 0 Å². The van der Waals surface area contributed by atoms with Crippen LogP contribution in [0.2, 0.25) is 0 Å². The Balaban J connectivity index is 2.17. The van der Waals surface area contributed by atoms with E-state index in [1.807, 2.05) is 6.07 Å². The van der Waals surface area contributed by atoms with E-state index in [4.69, 9.17) is 0 Å². The molecule has 0 unspecified atom stereocenters. The average molecular weight is 230 g/mol. The van der Waals surface area contributed by atoms with Crippen molar-refractivity contribution in [1.29, 1.82) is 0 Å². The molecular formula is C13H14N2O2. The molecule has 0 aromatic heterocycles. The van der Waals surface area contributed by atoms with Crippen LogP contribution in [0.25, 0.3) is 0 Å². The standard InChI is InChI=1S/C13H14N2O2/c1-2-8-14-11-9-12(16)15(13(11)17)10-6-4-3-5-7-10/h2-7,11,14H,1,8-9H2/t11-/m0/s1. The Morgan fingerprint density at radius 3 is 2.71 bits per heavy atom. The van der Waals surface area contributed by atoms with Crippen LogP contribution in [0.1, 0.15) is 6.42 Å². The van der Waals surface area contributed by atoms with E-state index < -0.39 is 6.04 Å². The van der Waals surface area contributed by atoms with E-state index in [-0.39, 0.29) is 18.2 Å². The molecule has 0 radical (unpaired) electrons. The summed E-state index contributed by atoms with van der Waals surface area (Å²) in [7, 11) is 0. The van der Waals surface area contributed by atoms with Gasteiger partial charge in [-0.1, -0.05) is 24.3 Å². The topological polar surface area (TPSA) is 49.4 Å². The summed E-state index contributed by atoms with van der Waals surface area (Å²) in [5, 5.41) is 2.98. The van der Waals surface area contributed by atoms with Gasteiger partial charge >= 0.3 is 0 Å². The van der Waals surface area contributed by atoms with Crippen molar-refractivity contribution in [2.45, 2.75) is 12.5 Å². The molecule has 2 rings (SSSR count). The number of anilines is 1. The first-order chi connectivity index (χ1) is 8.24. The summed E-state index contributed by atoms with van der Waals surface area (Å²) in [6.45, 7) is 4.09. The van der Waals surface area contributed by atoms with E-state index in [2.05, 4.69) is 11.9 Å². The third kappa shape index (κ3) is 2.26. The first-order valence-corrected chi connectivity index (χ1v) is 5.50. The van der Waals surface area contributed by atoms with Gasteiger partial charge in [0.25, 0.3) is 5.91 Å². The zero-order valence-electron chi connectivity index (χ0n) is 9.43. The van der Waals surface area contributed by atoms with Gasteiger partial charge < -0.3 is 5.32 Å². The zero-order valence-corrected chi connectivity index (χ0v) is 9.43. The largest absolute Gasteiger partial charge is 0.302 e.